The van der Waals surface area contributed by atoms with Crippen molar-refractivity contribution in [3.05, 3.63) is 108 Å². The van der Waals surface area contributed by atoms with E-state index >= 15 is 0 Å². The number of ether oxygens (including phenoxy) is 2. The summed E-state index contributed by atoms with van der Waals surface area (Å²) < 4.78 is 73.3. The number of hydrogen-bond acceptors (Lipinski definition) is 8. The van der Waals surface area contributed by atoms with Crippen molar-refractivity contribution in [3.63, 3.8) is 0 Å². The first-order valence-corrected chi connectivity index (χ1v) is 22.3. The molecule has 0 saturated carbocycles. The van der Waals surface area contributed by atoms with Crippen molar-refractivity contribution in [1.82, 2.24) is 5.32 Å². The number of unbranched alkanes of at least 4 members (excludes halogenated alkanes) is 12. The van der Waals surface area contributed by atoms with Gasteiger partial charge >= 0.3 is 25.9 Å². The maximum Gasteiger partial charge on any atom is 0.472 e. The van der Waals surface area contributed by atoms with E-state index in [-0.39, 0.29) is 19.6 Å². The number of carbonyl (C=O) groups excluding carboxylic acids is 2. The summed E-state index contributed by atoms with van der Waals surface area (Å²) in [6.07, 6.45) is 7.93. The van der Waals surface area contributed by atoms with Crippen LogP contribution in [0.15, 0.2) is 91.0 Å². The number of hydrogen-bond donors (Lipinski definition) is 2. The summed E-state index contributed by atoms with van der Waals surface area (Å²) in [4.78, 5) is 35.6. The molecule has 0 bridgehead atoms. The topological polar surface area (TPSA) is 120 Å². The van der Waals surface area contributed by atoms with Gasteiger partial charge in [0.05, 0.1) is 31.1 Å². The number of phosphoric acid groups is 1. The molecule has 0 aromatic heterocycles. The van der Waals surface area contributed by atoms with Gasteiger partial charge < -0.3 is 14.4 Å². The van der Waals surface area contributed by atoms with Gasteiger partial charge in [0.1, 0.15) is 6.61 Å². The number of carbonyl (C=O) groups is 2. The van der Waals surface area contributed by atoms with E-state index in [1.165, 1.54) is 51.4 Å². The van der Waals surface area contributed by atoms with Crippen LogP contribution in [0.2, 0.25) is 0 Å². The fourth-order valence-electron chi connectivity index (χ4n) is 6.75. The molecule has 3 rings (SSSR count). The van der Waals surface area contributed by atoms with Gasteiger partial charge in [-0.25, -0.2) is 4.57 Å². The molecular formula is C45H63F3NO8P. The summed E-state index contributed by atoms with van der Waals surface area (Å²) in [6, 6.07) is 29.2. The molecule has 0 amide bonds. The van der Waals surface area contributed by atoms with Crippen LogP contribution < -0.4 is 5.32 Å². The molecular weight excluding hydrogens is 770 g/mol. The fourth-order valence-corrected chi connectivity index (χ4v) is 7.50. The Hall–Kier alpha value is -3.54. The molecule has 2 N–H and O–H groups in total. The number of benzene rings is 3. The Balaban J connectivity index is 1.52. The number of alkyl halides is 3. The summed E-state index contributed by atoms with van der Waals surface area (Å²) in [7, 11) is -4.78. The van der Waals surface area contributed by atoms with E-state index in [0.29, 0.717) is 6.42 Å². The molecule has 0 heterocycles. The average molecular weight is 834 g/mol. The van der Waals surface area contributed by atoms with Crippen LogP contribution in [0.3, 0.4) is 0 Å². The van der Waals surface area contributed by atoms with Crippen molar-refractivity contribution in [3.8, 4) is 0 Å². The zero-order valence-corrected chi connectivity index (χ0v) is 35.0. The zero-order valence-electron chi connectivity index (χ0n) is 34.1. The summed E-state index contributed by atoms with van der Waals surface area (Å²) in [5, 5.41) is 3.52. The fraction of sp³-hybridized carbons (Fsp3) is 0.556. The Morgan fingerprint density at radius 3 is 1.57 bits per heavy atom. The highest BCUT2D eigenvalue weighted by Crippen LogP contribution is 2.43. The molecule has 0 fully saturated rings. The molecule has 0 aliphatic rings. The van der Waals surface area contributed by atoms with E-state index in [1.54, 1.807) is 0 Å². The van der Waals surface area contributed by atoms with Crippen molar-refractivity contribution in [2.75, 3.05) is 26.4 Å². The van der Waals surface area contributed by atoms with Gasteiger partial charge in [-0.05, 0) is 23.1 Å². The monoisotopic (exact) mass is 833 g/mol. The van der Waals surface area contributed by atoms with Crippen LogP contribution >= 0.6 is 7.82 Å². The third-order valence-electron chi connectivity index (χ3n) is 10.0. The van der Waals surface area contributed by atoms with E-state index in [1.807, 2.05) is 91.0 Å². The van der Waals surface area contributed by atoms with Crippen LogP contribution in [0, 0.1) is 5.92 Å². The standard InChI is InChI=1S/C45H63F3NO8P/c1-3-4-5-6-7-8-9-10-11-12-13-14-24-31-42(50)54-35-41(57-43(51)34-37(2)45(46,47)48)36-56-58(52,53)55-33-32-49-44(38-25-18-15-19-26-38,39-27-20-16-21-28-39)40-29-22-17-23-30-40/h15-23,25-30,37,41,49H,3-14,24,31-36H2,1-2H3,(H,52,53)/t37?,41-/m1/s1. The summed E-state index contributed by atoms with van der Waals surface area (Å²) >= 11 is 0. The highest BCUT2D eigenvalue weighted by atomic mass is 31.2. The molecule has 0 radical (unpaired) electrons. The van der Waals surface area contributed by atoms with Gasteiger partial charge in [-0.3, -0.25) is 24.0 Å². The summed E-state index contributed by atoms with van der Waals surface area (Å²) in [5.74, 6) is -3.79. The minimum absolute atomic E-state index is 0.0805. The van der Waals surface area contributed by atoms with Gasteiger partial charge in [-0.2, -0.15) is 13.2 Å². The van der Waals surface area contributed by atoms with Gasteiger partial charge in [0.15, 0.2) is 6.10 Å². The van der Waals surface area contributed by atoms with E-state index in [2.05, 4.69) is 12.2 Å². The number of halogens is 3. The van der Waals surface area contributed by atoms with Gasteiger partial charge in [-0.15, -0.1) is 0 Å². The second-order valence-electron chi connectivity index (χ2n) is 14.8. The third-order valence-corrected chi connectivity index (χ3v) is 11.0. The Bertz CT molecular complexity index is 1520. The predicted molar refractivity (Wildman–Crippen MR) is 220 cm³/mol. The quantitative estimate of drug-likeness (QED) is 0.0293. The average Bonchev–Trinajstić information content (AvgIpc) is 3.21. The molecule has 58 heavy (non-hydrogen) atoms. The van der Waals surface area contributed by atoms with Gasteiger partial charge in [0.2, 0.25) is 0 Å². The van der Waals surface area contributed by atoms with Crippen molar-refractivity contribution in [2.24, 2.45) is 5.92 Å². The highest BCUT2D eigenvalue weighted by molar-refractivity contribution is 7.47. The molecule has 3 aromatic carbocycles. The van der Waals surface area contributed by atoms with Crippen molar-refractivity contribution >= 4 is 19.8 Å². The van der Waals surface area contributed by atoms with Crippen LogP contribution in [-0.4, -0.2) is 55.5 Å². The second-order valence-corrected chi connectivity index (χ2v) is 16.3. The van der Waals surface area contributed by atoms with Crippen LogP contribution in [0.25, 0.3) is 0 Å². The largest absolute Gasteiger partial charge is 0.472 e. The van der Waals surface area contributed by atoms with E-state index < -0.39 is 63.1 Å². The Morgan fingerprint density at radius 1 is 0.672 bits per heavy atom. The maximum absolute atomic E-state index is 13.1. The van der Waals surface area contributed by atoms with Crippen LogP contribution in [0.4, 0.5) is 13.2 Å². The lowest BCUT2D eigenvalue weighted by Gasteiger charge is -2.37. The number of rotatable bonds is 30. The molecule has 13 heteroatoms. The molecule has 0 spiro atoms. The van der Waals surface area contributed by atoms with Crippen molar-refractivity contribution in [1.29, 1.82) is 0 Å². The minimum atomic E-state index is -4.78. The molecule has 3 aromatic rings. The molecule has 322 valence electrons. The van der Waals surface area contributed by atoms with Crippen LogP contribution in [-0.2, 0) is 38.2 Å². The lowest BCUT2D eigenvalue weighted by molar-refractivity contribution is -0.184. The van der Waals surface area contributed by atoms with Crippen molar-refractivity contribution < 1.29 is 50.7 Å². The van der Waals surface area contributed by atoms with Gasteiger partial charge in [-0.1, -0.05) is 182 Å². The Kier molecular flexibility index (Phi) is 22.3. The molecule has 3 atom stereocenters. The SMILES string of the molecule is CCCCCCCCCCCCCCCC(=O)OC[C@H](COP(=O)(O)OCCNC(c1ccccc1)(c1ccccc1)c1ccccc1)OC(=O)CC(C)C(F)(F)F. The van der Waals surface area contributed by atoms with Crippen molar-refractivity contribution in [2.45, 2.75) is 128 Å². The number of nitrogens with one attached hydrogen (secondary N) is 1. The summed E-state index contributed by atoms with van der Waals surface area (Å²) in [6.45, 7) is 1.52. The molecule has 9 nitrogen and oxygen atoms in total. The zero-order chi connectivity index (χ0) is 42.1. The van der Waals surface area contributed by atoms with Gasteiger partial charge in [0, 0.05) is 13.0 Å². The van der Waals surface area contributed by atoms with E-state index in [4.69, 9.17) is 18.5 Å². The van der Waals surface area contributed by atoms with Crippen LogP contribution in [0.5, 0.6) is 0 Å². The predicted octanol–water partition coefficient (Wildman–Crippen LogP) is 11.2. The highest BCUT2D eigenvalue weighted by Gasteiger charge is 2.39. The lowest BCUT2D eigenvalue weighted by atomic mass is 9.77. The first kappa shape index (κ1) is 48.8. The maximum atomic E-state index is 13.1. The van der Waals surface area contributed by atoms with Crippen LogP contribution in [0.1, 0.15) is 127 Å². The summed E-state index contributed by atoms with van der Waals surface area (Å²) in [5.41, 5.74) is 1.90. The first-order chi connectivity index (χ1) is 27.9. The smallest absolute Gasteiger partial charge is 0.462 e. The third kappa shape index (κ3) is 18.2. The number of esters is 2. The first-order valence-electron chi connectivity index (χ1n) is 20.8. The minimum Gasteiger partial charge on any atom is -0.462 e. The lowest BCUT2D eigenvalue weighted by Crippen LogP contribution is -2.46. The molecule has 0 saturated heterocycles. The normalized spacial score (nSPS) is 14.0. The van der Waals surface area contributed by atoms with E-state index in [9.17, 15) is 32.2 Å². The van der Waals surface area contributed by atoms with Gasteiger partial charge in [0.25, 0.3) is 0 Å². The number of phosphoric ester groups is 1. The molecule has 0 aliphatic heterocycles. The molecule has 0 aliphatic carbocycles. The van der Waals surface area contributed by atoms with E-state index in [0.717, 1.165) is 49.3 Å². The second kappa shape index (κ2) is 26.5. The Morgan fingerprint density at radius 2 is 1.12 bits per heavy atom. The Labute approximate surface area is 343 Å². The molecule has 2 unspecified atom stereocenters.